The molecule has 0 atom stereocenters. The molecule has 0 saturated heterocycles. The minimum absolute atomic E-state index is 0.457. The summed E-state index contributed by atoms with van der Waals surface area (Å²) in [4.78, 5) is 11.0. The summed E-state index contributed by atoms with van der Waals surface area (Å²) in [7, 11) is 1.48. The van der Waals surface area contributed by atoms with Crippen molar-refractivity contribution in [3.05, 3.63) is 36.0 Å². The van der Waals surface area contributed by atoms with Gasteiger partial charge in [-0.15, -0.1) is 13.2 Å². The summed E-state index contributed by atoms with van der Waals surface area (Å²) in [6.45, 7) is 0. The smallest absolute Gasteiger partial charge is 0.497 e. The Balaban J connectivity index is 2.75. The zero-order chi connectivity index (χ0) is 15.2. The number of anilines is 1. The number of rotatable bonds is 4. The zero-order valence-electron chi connectivity index (χ0n) is 10.2. The maximum Gasteiger partial charge on any atom is 0.575 e. The molecule has 0 radical (unpaired) electrons. The van der Waals surface area contributed by atoms with E-state index >= 15 is 0 Å². The molecule has 1 aromatic carbocycles. The first-order valence-corrected chi connectivity index (χ1v) is 5.16. The van der Waals surface area contributed by atoms with Gasteiger partial charge in [-0.05, 0) is 24.3 Å². The van der Waals surface area contributed by atoms with Gasteiger partial charge in [-0.1, -0.05) is 0 Å². The Morgan fingerprint density at radius 2 is 1.95 bits per heavy atom. The number of hydrogen-bond donors (Lipinski definition) is 1. The van der Waals surface area contributed by atoms with Crippen LogP contribution in [0.1, 0.15) is 0 Å². The van der Waals surface area contributed by atoms with E-state index in [0.717, 1.165) is 6.20 Å². The number of ether oxygens (including phenoxy) is 2. The normalized spacial score (nSPS) is 11.4. The van der Waals surface area contributed by atoms with Crippen LogP contribution in [-0.4, -0.2) is 19.4 Å². The van der Waals surface area contributed by atoms with E-state index in [-0.39, 0.29) is 0 Å². The molecule has 0 saturated carbocycles. The molecule has 20 heavy (non-hydrogen) atoms. The lowest BCUT2D eigenvalue weighted by Crippen LogP contribution is -2.20. The molecular weight excluding hydrogens is 277 g/mol. The van der Waals surface area contributed by atoms with Crippen molar-refractivity contribution in [1.82, 2.24) is 0 Å². The molecule has 0 fully saturated rings. The van der Waals surface area contributed by atoms with Crippen LogP contribution in [0.3, 0.4) is 0 Å². The van der Waals surface area contributed by atoms with Crippen LogP contribution in [0.4, 0.5) is 18.9 Å². The van der Waals surface area contributed by atoms with Crippen molar-refractivity contribution >= 4 is 11.7 Å². The first-order chi connectivity index (χ1) is 9.35. The molecule has 0 spiro atoms. The van der Waals surface area contributed by atoms with Crippen LogP contribution in [0.25, 0.3) is 0 Å². The van der Waals surface area contributed by atoms with Crippen LogP contribution in [0, 0.1) is 11.3 Å². The fourth-order valence-electron chi connectivity index (χ4n) is 1.14. The van der Waals surface area contributed by atoms with Crippen molar-refractivity contribution in [3.63, 3.8) is 0 Å². The molecule has 0 bridgehead atoms. The number of carbonyl (C=O) groups excluding carboxylic acids is 1. The summed E-state index contributed by atoms with van der Waals surface area (Å²) in [6, 6.07) is 7.61. The lowest BCUT2D eigenvalue weighted by molar-refractivity contribution is -0.303. The van der Waals surface area contributed by atoms with Crippen molar-refractivity contribution in [2.75, 3.05) is 12.4 Å². The second-order valence-electron chi connectivity index (χ2n) is 3.38. The summed E-state index contributed by atoms with van der Waals surface area (Å²) in [5, 5.41) is 11.1. The zero-order valence-corrected chi connectivity index (χ0v) is 10.2. The fraction of sp³-hybridized carbons (Fsp3) is 0.167. The van der Waals surface area contributed by atoms with E-state index in [4.69, 9.17) is 10.00 Å². The van der Waals surface area contributed by atoms with Gasteiger partial charge >= 0.3 is 12.3 Å². The molecule has 0 aliphatic carbocycles. The van der Waals surface area contributed by atoms with E-state index in [1.807, 2.05) is 0 Å². The number of carbonyl (C=O) groups is 1. The van der Waals surface area contributed by atoms with Gasteiger partial charge in [0, 0.05) is 11.9 Å². The molecule has 8 heteroatoms. The number of benzene rings is 1. The highest BCUT2D eigenvalue weighted by atomic mass is 19.4. The van der Waals surface area contributed by atoms with Crippen molar-refractivity contribution in [2.24, 2.45) is 0 Å². The van der Waals surface area contributed by atoms with Gasteiger partial charge in [0.25, 0.3) is 0 Å². The summed E-state index contributed by atoms with van der Waals surface area (Å²) in [6.07, 6.45) is -4.30. The van der Waals surface area contributed by atoms with Gasteiger partial charge in [-0.3, -0.25) is 0 Å². The summed E-state index contributed by atoms with van der Waals surface area (Å²) < 4.78 is 43.5. The Hall–Kier alpha value is -2.69. The van der Waals surface area contributed by atoms with E-state index < -0.39 is 17.9 Å². The standard InChI is InChI=1S/C12H9F3N2O3/c1-19-10-4-2-9(3-5-10)17-7-8(6-16)11(18)20-12(13,14)15/h2-5,7,17H,1H3/b8-7+. The summed E-state index contributed by atoms with van der Waals surface area (Å²) >= 11 is 0. The molecule has 106 valence electrons. The number of hydrogen-bond acceptors (Lipinski definition) is 5. The number of nitrogens with one attached hydrogen (secondary N) is 1. The van der Waals surface area contributed by atoms with Gasteiger partial charge in [-0.25, -0.2) is 4.79 Å². The van der Waals surface area contributed by atoms with Crippen LogP contribution in [0.15, 0.2) is 36.0 Å². The molecule has 0 aliphatic rings. The number of methoxy groups -OCH3 is 1. The van der Waals surface area contributed by atoms with Crippen LogP contribution in [-0.2, 0) is 9.53 Å². The SMILES string of the molecule is COc1ccc(N/C=C(\C#N)C(=O)OC(F)(F)F)cc1. The highest BCUT2D eigenvalue weighted by Crippen LogP contribution is 2.19. The molecule has 1 rings (SSSR count). The minimum Gasteiger partial charge on any atom is -0.497 e. The predicted molar refractivity (Wildman–Crippen MR) is 62.5 cm³/mol. The molecule has 0 aromatic heterocycles. The number of alkyl halides is 3. The Morgan fingerprint density at radius 3 is 2.40 bits per heavy atom. The molecule has 0 amide bonds. The number of esters is 1. The lowest BCUT2D eigenvalue weighted by Gasteiger charge is -2.07. The van der Waals surface area contributed by atoms with E-state index in [0.29, 0.717) is 11.4 Å². The maximum atomic E-state index is 11.8. The number of nitriles is 1. The topological polar surface area (TPSA) is 71.3 Å². The first kappa shape index (κ1) is 15.4. The van der Waals surface area contributed by atoms with E-state index in [2.05, 4.69) is 10.1 Å². The van der Waals surface area contributed by atoms with Crippen molar-refractivity contribution < 1.29 is 27.4 Å². The average Bonchev–Trinajstić information content (AvgIpc) is 2.38. The third kappa shape index (κ3) is 4.89. The van der Waals surface area contributed by atoms with Crippen molar-refractivity contribution in [1.29, 1.82) is 5.26 Å². The van der Waals surface area contributed by atoms with E-state index in [9.17, 15) is 18.0 Å². The summed E-state index contributed by atoms with van der Waals surface area (Å²) in [5.74, 6) is -1.20. The van der Waals surface area contributed by atoms with Gasteiger partial charge in [0.05, 0.1) is 7.11 Å². The predicted octanol–water partition coefficient (Wildman–Crippen LogP) is 2.58. The Morgan fingerprint density at radius 1 is 1.35 bits per heavy atom. The van der Waals surface area contributed by atoms with Gasteiger partial charge < -0.3 is 14.8 Å². The second-order valence-corrected chi connectivity index (χ2v) is 3.38. The van der Waals surface area contributed by atoms with Crippen LogP contribution in [0.2, 0.25) is 0 Å². The van der Waals surface area contributed by atoms with Gasteiger partial charge in [0.2, 0.25) is 0 Å². The fourth-order valence-corrected chi connectivity index (χ4v) is 1.14. The highest BCUT2D eigenvalue weighted by molar-refractivity contribution is 5.93. The van der Waals surface area contributed by atoms with Crippen LogP contribution in [0.5, 0.6) is 5.75 Å². The van der Waals surface area contributed by atoms with Crippen LogP contribution >= 0.6 is 0 Å². The van der Waals surface area contributed by atoms with E-state index in [1.54, 1.807) is 24.3 Å². The van der Waals surface area contributed by atoms with E-state index in [1.165, 1.54) is 13.2 Å². The number of nitrogens with zero attached hydrogens (tertiary/aromatic N) is 1. The summed E-state index contributed by atoms with van der Waals surface area (Å²) in [5.41, 5.74) is -0.350. The Kier molecular flexibility index (Phi) is 4.97. The largest absolute Gasteiger partial charge is 0.575 e. The monoisotopic (exact) mass is 286 g/mol. The molecule has 0 aliphatic heterocycles. The number of halogens is 3. The molecule has 0 unspecified atom stereocenters. The van der Waals surface area contributed by atoms with Crippen molar-refractivity contribution in [3.8, 4) is 11.8 Å². The quantitative estimate of drug-likeness (QED) is 0.523. The third-order valence-electron chi connectivity index (χ3n) is 2.02. The Bertz CT molecular complexity index is 545. The molecular formula is C12H9F3N2O3. The van der Waals surface area contributed by atoms with Crippen molar-refractivity contribution in [2.45, 2.75) is 6.36 Å². The molecule has 5 nitrogen and oxygen atoms in total. The molecule has 0 heterocycles. The minimum atomic E-state index is -5.13. The lowest BCUT2D eigenvalue weighted by atomic mass is 10.3. The average molecular weight is 286 g/mol. The first-order valence-electron chi connectivity index (χ1n) is 5.16. The molecule has 1 N–H and O–H groups in total. The highest BCUT2D eigenvalue weighted by Gasteiger charge is 2.35. The van der Waals surface area contributed by atoms with Gasteiger partial charge in [0.15, 0.2) is 5.57 Å². The Labute approximate surface area is 112 Å². The van der Waals surface area contributed by atoms with Crippen LogP contribution < -0.4 is 10.1 Å². The molecule has 1 aromatic rings. The second kappa shape index (κ2) is 6.47. The maximum absolute atomic E-state index is 11.8. The van der Waals surface area contributed by atoms with Gasteiger partial charge in [-0.2, -0.15) is 5.26 Å². The van der Waals surface area contributed by atoms with Gasteiger partial charge in [0.1, 0.15) is 11.8 Å². The third-order valence-corrected chi connectivity index (χ3v) is 2.02.